The van der Waals surface area contributed by atoms with Crippen molar-refractivity contribution in [3.8, 4) is 11.5 Å². The van der Waals surface area contributed by atoms with E-state index in [4.69, 9.17) is 14.6 Å². The molecule has 188 valence electrons. The summed E-state index contributed by atoms with van der Waals surface area (Å²) in [7, 11) is 0. The molecule has 0 saturated carbocycles. The summed E-state index contributed by atoms with van der Waals surface area (Å²) < 4.78 is 26.1. The summed E-state index contributed by atoms with van der Waals surface area (Å²) >= 11 is 1.56. The highest BCUT2D eigenvalue weighted by molar-refractivity contribution is 7.98. The van der Waals surface area contributed by atoms with Crippen molar-refractivity contribution in [2.45, 2.75) is 29.9 Å². The minimum absolute atomic E-state index is 0.252. The lowest BCUT2D eigenvalue weighted by Crippen LogP contribution is -2.31. The molecule has 9 heteroatoms. The van der Waals surface area contributed by atoms with E-state index in [9.17, 15) is 19.1 Å². The van der Waals surface area contributed by atoms with Crippen LogP contribution in [0.4, 0.5) is 14.9 Å². The fourth-order valence-corrected chi connectivity index (χ4v) is 3.79. The average molecular weight is 512 g/mol. The van der Waals surface area contributed by atoms with E-state index in [-0.39, 0.29) is 12.0 Å². The summed E-state index contributed by atoms with van der Waals surface area (Å²) in [6.45, 7) is 0. The van der Waals surface area contributed by atoms with Crippen LogP contribution in [-0.4, -0.2) is 34.6 Å². The van der Waals surface area contributed by atoms with Crippen LogP contribution in [-0.2, 0) is 9.53 Å². The highest BCUT2D eigenvalue weighted by atomic mass is 32.2. The smallest absolute Gasteiger partial charge is 0.412 e. The number of aliphatic carboxylic acids is 1. The molecule has 0 aliphatic rings. The second-order valence-electron chi connectivity index (χ2n) is 7.68. The van der Waals surface area contributed by atoms with Gasteiger partial charge in [-0.25, -0.2) is 14.0 Å². The lowest BCUT2D eigenvalue weighted by molar-refractivity contribution is -0.131. The number of carboxylic acid groups (broad SMARTS) is 1. The van der Waals surface area contributed by atoms with Gasteiger partial charge in [0.1, 0.15) is 11.9 Å². The quantitative estimate of drug-likeness (QED) is 0.202. The van der Waals surface area contributed by atoms with Crippen LogP contribution >= 0.6 is 11.8 Å². The van der Waals surface area contributed by atoms with E-state index in [0.29, 0.717) is 17.9 Å². The van der Waals surface area contributed by atoms with E-state index in [1.165, 1.54) is 18.2 Å². The molecule has 0 aliphatic heterocycles. The summed E-state index contributed by atoms with van der Waals surface area (Å²) in [5.74, 6) is -2.01. The minimum Gasteiger partial charge on any atom is -0.505 e. The molecule has 0 unspecified atom stereocenters. The number of hydrogen-bond acceptors (Lipinski definition) is 6. The molecule has 3 aromatic rings. The Bertz CT molecular complexity index is 1190. The third-order valence-electron chi connectivity index (χ3n) is 5.12. The van der Waals surface area contributed by atoms with E-state index < -0.39 is 35.8 Å². The van der Waals surface area contributed by atoms with Gasteiger partial charge in [0.25, 0.3) is 0 Å². The number of aromatic hydroxyl groups is 1. The number of ether oxygens (including phenoxy) is 2. The Morgan fingerprint density at radius 3 is 2.44 bits per heavy atom. The number of rotatable bonds is 11. The number of hydrogen-bond donors (Lipinski definition) is 3. The Balaban J connectivity index is 1.89. The maximum Gasteiger partial charge on any atom is 0.412 e. The van der Waals surface area contributed by atoms with E-state index in [1.54, 1.807) is 48.2 Å². The van der Waals surface area contributed by atoms with Crippen LogP contribution in [0.25, 0.3) is 0 Å². The Kier molecular flexibility index (Phi) is 9.76. The summed E-state index contributed by atoms with van der Waals surface area (Å²) in [4.78, 5) is 24.7. The van der Waals surface area contributed by atoms with Crippen LogP contribution in [0.3, 0.4) is 0 Å². The molecule has 3 aromatic carbocycles. The topological polar surface area (TPSA) is 105 Å². The lowest BCUT2D eigenvalue weighted by Gasteiger charge is -2.28. The second-order valence-corrected chi connectivity index (χ2v) is 8.56. The molecule has 0 heterocycles. The predicted octanol–water partition coefficient (Wildman–Crippen LogP) is 6.41. The number of amides is 1. The molecule has 0 saturated heterocycles. The van der Waals surface area contributed by atoms with Crippen molar-refractivity contribution in [1.29, 1.82) is 0 Å². The van der Waals surface area contributed by atoms with Gasteiger partial charge in [-0.05, 0) is 73.2 Å². The predicted molar refractivity (Wildman–Crippen MR) is 136 cm³/mol. The van der Waals surface area contributed by atoms with Gasteiger partial charge in [-0.3, -0.25) is 5.32 Å². The van der Waals surface area contributed by atoms with Gasteiger partial charge in [-0.15, -0.1) is 11.8 Å². The fourth-order valence-electron chi connectivity index (χ4n) is 3.39. The van der Waals surface area contributed by atoms with Gasteiger partial charge in [-0.1, -0.05) is 30.3 Å². The summed E-state index contributed by atoms with van der Waals surface area (Å²) in [6.07, 6.45) is 2.29. The Morgan fingerprint density at radius 2 is 1.81 bits per heavy atom. The fraction of sp³-hybridized carbons (Fsp3) is 0.185. The zero-order chi connectivity index (χ0) is 25.9. The SMILES string of the molecule is CSc1ccc(NC(=O)O[C@@H](c2ccc(O)c(F)c2)[C@H](CC/C=C/C(=O)O)Oc2ccccc2)cc1. The van der Waals surface area contributed by atoms with Gasteiger partial charge in [0, 0.05) is 16.7 Å². The van der Waals surface area contributed by atoms with Gasteiger partial charge in [0.05, 0.1) is 0 Å². The molecule has 3 N–H and O–H groups in total. The number of para-hydroxylation sites is 1. The zero-order valence-electron chi connectivity index (χ0n) is 19.5. The molecule has 0 radical (unpaired) electrons. The molecule has 7 nitrogen and oxygen atoms in total. The van der Waals surface area contributed by atoms with Crippen molar-refractivity contribution in [2.75, 3.05) is 11.6 Å². The first kappa shape index (κ1) is 26.6. The standard InChI is InChI=1S/C27H26FNO6S/c1-36-21-14-12-19(13-15-21)29-27(33)35-26(18-11-16-23(30)22(28)17-18)24(9-5-6-10-25(31)32)34-20-7-3-2-4-8-20/h2-4,6-8,10-17,24,26,30H,5,9H2,1H3,(H,29,33)(H,31,32)/b10-6+/t24-,26-/m0/s1. The van der Waals surface area contributed by atoms with Crippen molar-refractivity contribution < 1.29 is 33.7 Å². The first-order chi connectivity index (χ1) is 17.4. The largest absolute Gasteiger partial charge is 0.505 e. The van der Waals surface area contributed by atoms with Gasteiger partial charge in [-0.2, -0.15) is 0 Å². The van der Waals surface area contributed by atoms with E-state index >= 15 is 0 Å². The van der Waals surface area contributed by atoms with Gasteiger partial charge in [0.15, 0.2) is 17.7 Å². The first-order valence-corrected chi connectivity index (χ1v) is 12.3. The van der Waals surface area contributed by atoms with Gasteiger partial charge < -0.3 is 19.7 Å². The first-order valence-electron chi connectivity index (χ1n) is 11.1. The molecule has 36 heavy (non-hydrogen) atoms. The number of anilines is 1. The highest BCUT2D eigenvalue weighted by Gasteiger charge is 2.30. The number of nitrogens with one attached hydrogen (secondary N) is 1. The van der Waals surface area contributed by atoms with E-state index in [0.717, 1.165) is 17.0 Å². The van der Waals surface area contributed by atoms with Crippen LogP contribution in [0.5, 0.6) is 11.5 Å². The number of carboxylic acids is 1. The summed E-state index contributed by atoms with van der Waals surface area (Å²) in [5.41, 5.74) is 0.777. The molecule has 0 spiro atoms. The van der Waals surface area contributed by atoms with E-state index in [1.807, 2.05) is 24.5 Å². The van der Waals surface area contributed by atoms with Crippen LogP contribution < -0.4 is 10.1 Å². The normalized spacial score (nSPS) is 12.6. The number of thioether (sulfide) groups is 1. The van der Waals surface area contributed by atoms with Crippen molar-refractivity contribution >= 4 is 29.5 Å². The monoisotopic (exact) mass is 511 g/mol. The maximum absolute atomic E-state index is 14.3. The third-order valence-corrected chi connectivity index (χ3v) is 5.86. The molecular formula is C27H26FNO6S. The Hall–Kier alpha value is -3.98. The highest BCUT2D eigenvalue weighted by Crippen LogP contribution is 2.31. The third kappa shape index (κ3) is 8.06. The van der Waals surface area contributed by atoms with E-state index in [2.05, 4.69) is 5.32 Å². The van der Waals surface area contributed by atoms with Gasteiger partial charge in [0.2, 0.25) is 0 Å². The molecular weight excluding hydrogens is 485 g/mol. The summed E-state index contributed by atoms with van der Waals surface area (Å²) in [6, 6.07) is 19.7. The zero-order valence-corrected chi connectivity index (χ0v) is 20.3. The maximum atomic E-state index is 14.3. The minimum atomic E-state index is -1.09. The van der Waals surface area contributed by atoms with Crippen LogP contribution in [0.2, 0.25) is 0 Å². The number of carbonyl (C=O) groups excluding carboxylic acids is 1. The number of phenols is 1. The van der Waals surface area contributed by atoms with Crippen LogP contribution in [0, 0.1) is 5.82 Å². The number of carbonyl (C=O) groups is 2. The molecule has 0 fully saturated rings. The number of benzene rings is 3. The number of halogens is 1. The average Bonchev–Trinajstić information content (AvgIpc) is 2.87. The molecule has 1 amide bonds. The Morgan fingerprint density at radius 1 is 1.08 bits per heavy atom. The van der Waals surface area contributed by atoms with Gasteiger partial charge >= 0.3 is 12.1 Å². The van der Waals surface area contributed by atoms with Crippen molar-refractivity contribution in [3.63, 3.8) is 0 Å². The molecule has 0 aliphatic carbocycles. The molecule has 3 rings (SSSR count). The number of phenolic OH excluding ortho intramolecular Hbond substituents is 1. The van der Waals surface area contributed by atoms with Crippen molar-refractivity contribution in [3.05, 3.63) is 96.3 Å². The number of allylic oxidation sites excluding steroid dienone is 1. The second kappa shape index (κ2) is 13.2. The van der Waals surface area contributed by atoms with Crippen LogP contribution in [0.15, 0.2) is 89.8 Å². The molecule has 0 bridgehead atoms. The molecule has 2 atom stereocenters. The van der Waals surface area contributed by atoms with Crippen molar-refractivity contribution in [2.24, 2.45) is 0 Å². The van der Waals surface area contributed by atoms with Crippen LogP contribution in [0.1, 0.15) is 24.5 Å². The van der Waals surface area contributed by atoms with Crippen molar-refractivity contribution in [1.82, 2.24) is 0 Å². The Labute approximate surface area is 212 Å². The lowest BCUT2D eigenvalue weighted by atomic mass is 9.99. The summed E-state index contributed by atoms with van der Waals surface area (Å²) in [5, 5.41) is 21.2. The molecule has 0 aromatic heterocycles.